The van der Waals surface area contributed by atoms with Crippen LogP contribution in [-0.4, -0.2) is 73.3 Å². The Labute approximate surface area is 267 Å². The lowest BCUT2D eigenvalue weighted by atomic mass is 9.93. The molecule has 2 heterocycles. The number of ketones is 1. The zero-order chi connectivity index (χ0) is 32.6. The fourth-order valence-electron chi connectivity index (χ4n) is 6.20. The smallest absolute Gasteiger partial charge is 0.289 e. The Morgan fingerprint density at radius 2 is 1.67 bits per heavy atom. The number of fused-ring (bicyclic) bond motifs is 1. The summed E-state index contributed by atoms with van der Waals surface area (Å²) >= 11 is 0. The molecule has 244 valence electrons. The van der Waals surface area contributed by atoms with Gasteiger partial charge in [0.15, 0.2) is 0 Å². The summed E-state index contributed by atoms with van der Waals surface area (Å²) < 4.78 is 10.8. The molecular weight excluding hydrogens is 590 g/mol. The van der Waals surface area contributed by atoms with Crippen LogP contribution in [0.2, 0.25) is 0 Å². The van der Waals surface area contributed by atoms with Crippen LogP contribution in [-0.2, 0) is 25.6 Å². The third-order valence-electron chi connectivity index (χ3n) is 8.76. The third-order valence-corrected chi connectivity index (χ3v) is 8.76. The van der Waals surface area contributed by atoms with Gasteiger partial charge in [0, 0.05) is 42.4 Å². The van der Waals surface area contributed by atoms with Crippen LogP contribution in [0.3, 0.4) is 0 Å². The first-order valence-electron chi connectivity index (χ1n) is 15.8. The molecule has 12 heteroatoms. The number of rotatable bonds is 13. The number of methoxy groups -OCH3 is 2. The summed E-state index contributed by atoms with van der Waals surface area (Å²) in [6, 6.07) is 11.8. The third kappa shape index (κ3) is 7.85. The average Bonchev–Trinajstić information content (AvgIpc) is 3.69. The predicted octanol–water partition coefficient (Wildman–Crippen LogP) is 2.56. The number of amides is 4. The van der Waals surface area contributed by atoms with Gasteiger partial charge >= 0.3 is 0 Å². The van der Waals surface area contributed by atoms with Crippen LogP contribution >= 0.6 is 0 Å². The number of hydrogen-bond acceptors (Lipinski definition) is 7. The monoisotopic (exact) mass is 631 g/mol. The number of aromatic amines is 1. The standard InChI is InChI=1S/C34H41N5O7/c1-45-23-17-25-24(29(18-23)46-2)19-28(37-25)33(43)39-27(15-20-9-5-3-6-10-20)32(42)38-26(16-21-13-14-35-31(21)41)30(40)34(44)36-22-11-7-4-8-12-22/h3,5-6,9-10,17-19,21-22,26-27,37H,4,7-8,11-16H2,1-2H3,(H,35,41)(H,36,44)(H,38,42)(H,39,43)/t21-,26?,27-/m0/s1. The highest BCUT2D eigenvalue weighted by molar-refractivity contribution is 6.38. The van der Waals surface area contributed by atoms with Crippen molar-refractivity contribution in [3.05, 3.63) is 59.8 Å². The zero-order valence-electron chi connectivity index (χ0n) is 26.1. The molecule has 1 aliphatic heterocycles. The fraction of sp³-hybridized carbons (Fsp3) is 0.441. The van der Waals surface area contributed by atoms with Crippen LogP contribution in [0.4, 0.5) is 0 Å². The van der Waals surface area contributed by atoms with Gasteiger partial charge in [-0.2, -0.15) is 0 Å². The first-order valence-corrected chi connectivity index (χ1v) is 15.8. The van der Waals surface area contributed by atoms with E-state index >= 15 is 0 Å². The molecule has 1 unspecified atom stereocenters. The van der Waals surface area contributed by atoms with Crippen molar-refractivity contribution < 1.29 is 33.4 Å². The second-order valence-corrected chi connectivity index (χ2v) is 11.9. The molecule has 5 rings (SSSR count). The highest BCUT2D eigenvalue weighted by atomic mass is 16.5. The molecule has 2 aliphatic rings. The van der Waals surface area contributed by atoms with E-state index in [1.54, 1.807) is 18.2 Å². The molecule has 1 saturated carbocycles. The molecule has 4 amide bonds. The maximum Gasteiger partial charge on any atom is 0.289 e. The van der Waals surface area contributed by atoms with Crippen molar-refractivity contribution >= 4 is 40.3 Å². The van der Waals surface area contributed by atoms with E-state index in [9.17, 15) is 24.0 Å². The number of H-pyrrole nitrogens is 1. The second kappa shape index (κ2) is 14.9. The van der Waals surface area contributed by atoms with Crippen molar-refractivity contribution in [2.45, 2.75) is 69.5 Å². The van der Waals surface area contributed by atoms with Gasteiger partial charge in [0.05, 0.1) is 25.8 Å². The average molecular weight is 632 g/mol. The SMILES string of the molecule is COc1cc(OC)c2cc(C(=O)N[C@@H](Cc3ccccc3)C(=O)NC(C[C@@H]3CCNC3=O)C(=O)C(=O)NC3CCCCC3)[nH]c2c1. The molecule has 1 saturated heterocycles. The van der Waals surface area contributed by atoms with E-state index in [2.05, 4.69) is 26.3 Å². The highest BCUT2D eigenvalue weighted by Gasteiger charge is 2.36. The van der Waals surface area contributed by atoms with Gasteiger partial charge in [0.2, 0.25) is 17.6 Å². The highest BCUT2D eigenvalue weighted by Crippen LogP contribution is 2.31. The molecule has 0 bridgehead atoms. The van der Waals surface area contributed by atoms with E-state index in [1.165, 1.54) is 14.2 Å². The Morgan fingerprint density at radius 3 is 2.35 bits per heavy atom. The number of benzene rings is 2. The molecule has 0 spiro atoms. The number of hydrogen-bond donors (Lipinski definition) is 5. The van der Waals surface area contributed by atoms with Gasteiger partial charge in [-0.15, -0.1) is 0 Å². The molecule has 0 radical (unpaired) electrons. The van der Waals surface area contributed by atoms with Crippen LogP contribution in [0, 0.1) is 5.92 Å². The fourth-order valence-corrected chi connectivity index (χ4v) is 6.20. The van der Waals surface area contributed by atoms with E-state index in [4.69, 9.17) is 9.47 Å². The molecule has 12 nitrogen and oxygen atoms in total. The lowest BCUT2D eigenvalue weighted by Gasteiger charge is -2.26. The van der Waals surface area contributed by atoms with Crippen molar-refractivity contribution in [3.8, 4) is 11.5 Å². The Kier molecular flexibility index (Phi) is 10.6. The number of ether oxygens (including phenoxy) is 2. The van der Waals surface area contributed by atoms with Crippen LogP contribution in [0.1, 0.15) is 61.0 Å². The van der Waals surface area contributed by atoms with E-state index in [0.717, 1.165) is 37.7 Å². The number of nitrogens with one attached hydrogen (secondary N) is 5. The van der Waals surface area contributed by atoms with Crippen molar-refractivity contribution in [1.82, 2.24) is 26.3 Å². The molecule has 5 N–H and O–H groups in total. The lowest BCUT2D eigenvalue weighted by molar-refractivity contribution is -0.141. The molecule has 3 aromatic rings. The number of aromatic nitrogens is 1. The second-order valence-electron chi connectivity index (χ2n) is 11.9. The molecule has 2 fully saturated rings. The summed E-state index contributed by atoms with van der Waals surface area (Å²) in [7, 11) is 3.05. The minimum absolute atomic E-state index is 0.0237. The minimum Gasteiger partial charge on any atom is -0.497 e. The zero-order valence-corrected chi connectivity index (χ0v) is 26.1. The number of Topliss-reactive ketones (excluding diaryl/α,β-unsaturated/α-hetero) is 1. The van der Waals surface area contributed by atoms with E-state index in [-0.39, 0.29) is 30.5 Å². The number of carbonyl (C=O) groups is 5. The normalized spacial score (nSPS) is 17.9. The Bertz CT molecular complexity index is 1580. The van der Waals surface area contributed by atoms with Gasteiger partial charge in [-0.25, -0.2) is 0 Å². The molecule has 1 aromatic heterocycles. The van der Waals surface area contributed by atoms with Gasteiger partial charge in [-0.05, 0) is 37.3 Å². The quantitative estimate of drug-likeness (QED) is 0.181. The van der Waals surface area contributed by atoms with Gasteiger partial charge in [-0.1, -0.05) is 49.6 Å². The predicted molar refractivity (Wildman–Crippen MR) is 170 cm³/mol. The summed E-state index contributed by atoms with van der Waals surface area (Å²) in [5.41, 5.74) is 1.57. The van der Waals surface area contributed by atoms with Gasteiger partial charge in [0.25, 0.3) is 11.8 Å². The summed E-state index contributed by atoms with van der Waals surface area (Å²) in [4.78, 5) is 69.6. The van der Waals surface area contributed by atoms with Gasteiger partial charge in [-0.3, -0.25) is 24.0 Å². The van der Waals surface area contributed by atoms with Gasteiger partial charge in [0.1, 0.15) is 23.2 Å². The van der Waals surface area contributed by atoms with E-state index < -0.39 is 41.5 Å². The first-order chi connectivity index (χ1) is 22.2. The Morgan fingerprint density at radius 1 is 0.913 bits per heavy atom. The molecule has 1 aliphatic carbocycles. The molecule has 2 aromatic carbocycles. The number of carbonyl (C=O) groups excluding carboxylic acids is 5. The Hall–Kier alpha value is -4.87. The van der Waals surface area contributed by atoms with Crippen LogP contribution in [0.5, 0.6) is 11.5 Å². The van der Waals surface area contributed by atoms with Crippen LogP contribution < -0.4 is 30.7 Å². The first kappa shape index (κ1) is 32.5. The topological polar surface area (TPSA) is 168 Å². The maximum atomic E-state index is 13.9. The summed E-state index contributed by atoms with van der Waals surface area (Å²) in [6.07, 6.45) is 5.20. The van der Waals surface area contributed by atoms with Crippen molar-refractivity contribution in [2.24, 2.45) is 5.92 Å². The summed E-state index contributed by atoms with van der Waals surface area (Å²) in [5, 5.41) is 11.8. The van der Waals surface area contributed by atoms with Crippen molar-refractivity contribution in [3.63, 3.8) is 0 Å². The molecule has 46 heavy (non-hydrogen) atoms. The van der Waals surface area contributed by atoms with Crippen molar-refractivity contribution in [2.75, 3.05) is 20.8 Å². The summed E-state index contributed by atoms with van der Waals surface area (Å²) in [6.45, 7) is 0.459. The molecular formula is C34H41N5O7. The minimum atomic E-state index is -1.25. The maximum absolute atomic E-state index is 13.9. The van der Waals surface area contributed by atoms with Crippen LogP contribution in [0.25, 0.3) is 10.9 Å². The van der Waals surface area contributed by atoms with Crippen LogP contribution in [0.15, 0.2) is 48.5 Å². The van der Waals surface area contributed by atoms with E-state index in [0.29, 0.717) is 35.4 Å². The van der Waals surface area contributed by atoms with Gasteiger partial charge < -0.3 is 35.7 Å². The largest absolute Gasteiger partial charge is 0.497 e. The van der Waals surface area contributed by atoms with E-state index in [1.807, 2.05) is 30.3 Å². The molecule has 3 atom stereocenters. The lowest BCUT2D eigenvalue weighted by Crippen LogP contribution is -2.55. The summed E-state index contributed by atoms with van der Waals surface area (Å²) in [5.74, 6) is -2.49. The Balaban J connectivity index is 1.37. The van der Waals surface area contributed by atoms with Crippen molar-refractivity contribution in [1.29, 1.82) is 0 Å².